The summed E-state index contributed by atoms with van der Waals surface area (Å²) in [6, 6.07) is 9.46. The average molecular weight is 427 g/mol. The number of hydrazine groups is 1. The van der Waals surface area contributed by atoms with E-state index in [1.165, 1.54) is 16.9 Å². The van der Waals surface area contributed by atoms with Crippen LogP contribution >= 0.6 is 11.3 Å². The molecule has 0 aliphatic heterocycles. The smallest absolute Gasteiger partial charge is 0.305 e. The van der Waals surface area contributed by atoms with Gasteiger partial charge in [0.05, 0.1) is 6.54 Å². The van der Waals surface area contributed by atoms with Gasteiger partial charge in [0.2, 0.25) is 0 Å². The van der Waals surface area contributed by atoms with Crippen molar-refractivity contribution in [3.63, 3.8) is 0 Å². The van der Waals surface area contributed by atoms with Crippen molar-refractivity contribution < 1.29 is 14.0 Å². The lowest BCUT2D eigenvalue weighted by molar-refractivity contribution is 0.0827. The van der Waals surface area contributed by atoms with Crippen LogP contribution in [0.15, 0.2) is 40.1 Å². The van der Waals surface area contributed by atoms with Crippen LogP contribution in [-0.2, 0) is 6.54 Å². The number of aryl methyl sites for hydroxylation is 2. The van der Waals surface area contributed by atoms with Crippen LogP contribution in [0.5, 0.6) is 0 Å². The van der Waals surface area contributed by atoms with Crippen LogP contribution in [0.25, 0.3) is 10.6 Å². The summed E-state index contributed by atoms with van der Waals surface area (Å²) in [5, 5.41) is 2.43. The molecule has 0 aliphatic rings. The van der Waals surface area contributed by atoms with Crippen LogP contribution in [0.1, 0.15) is 51.8 Å². The molecule has 0 saturated carbocycles. The molecule has 0 atom stereocenters. The number of hydrogen-bond donors (Lipinski definition) is 2. The van der Waals surface area contributed by atoms with Gasteiger partial charge in [-0.2, -0.15) is 0 Å². The first-order valence-corrected chi connectivity index (χ1v) is 10.7. The molecule has 2 amide bonds. The van der Waals surface area contributed by atoms with E-state index in [2.05, 4.69) is 40.6 Å². The van der Waals surface area contributed by atoms with Gasteiger partial charge >= 0.3 is 5.91 Å². The van der Waals surface area contributed by atoms with Gasteiger partial charge in [-0.25, -0.2) is 4.98 Å². The predicted octanol–water partition coefficient (Wildman–Crippen LogP) is 3.94. The summed E-state index contributed by atoms with van der Waals surface area (Å²) in [7, 11) is 0. The molecular formula is C22H26N4O3S. The van der Waals surface area contributed by atoms with Crippen molar-refractivity contribution in [2.24, 2.45) is 0 Å². The molecular weight excluding hydrogens is 400 g/mol. The highest BCUT2D eigenvalue weighted by Crippen LogP contribution is 2.27. The average Bonchev–Trinajstić information content (AvgIpc) is 3.40. The Morgan fingerprint density at radius 1 is 1.07 bits per heavy atom. The fraction of sp³-hybridized carbons (Fsp3) is 0.318. The first-order valence-electron chi connectivity index (χ1n) is 9.86. The van der Waals surface area contributed by atoms with Gasteiger partial charge in [-0.1, -0.05) is 37.6 Å². The Morgan fingerprint density at radius 3 is 2.50 bits per heavy atom. The zero-order valence-electron chi connectivity index (χ0n) is 17.6. The van der Waals surface area contributed by atoms with Crippen molar-refractivity contribution in [3.05, 3.63) is 64.1 Å². The molecule has 7 nitrogen and oxygen atoms in total. The normalized spacial score (nSPS) is 11.0. The van der Waals surface area contributed by atoms with Crippen molar-refractivity contribution >= 4 is 23.2 Å². The van der Waals surface area contributed by atoms with Gasteiger partial charge in [0.15, 0.2) is 5.76 Å². The highest BCUT2D eigenvalue weighted by molar-refractivity contribution is 7.13. The van der Waals surface area contributed by atoms with Crippen LogP contribution < -0.4 is 10.9 Å². The molecule has 3 aromatic rings. The number of nitrogens with one attached hydrogen (secondary N) is 2. The van der Waals surface area contributed by atoms with Crippen molar-refractivity contribution in [2.75, 3.05) is 13.1 Å². The molecule has 30 heavy (non-hydrogen) atoms. The van der Waals surface area contributed by atoms with E-state index in [9.17, 15) is 9.59 Å². The second kappa shape index (κ2) is 9.69. The Morgan fingerprint density at radius 2 is 1.80 bits per heavy atom. The van der Waals surface area contributed by atoms with E-state index >= 15 is 0 Å². The number of benzene rings is 1. The van der Waals surface area contributed by atoms with E-state index in [0.29, 0.717) is 12.3 Å². The quantitative estimate of drug-likeness (QED) is 0.559. The maximum absolute atomic E-state index is 12.4. The summed E-state index contributed by atoms with van der Waals surface area (Å²) in [5.74, 6) is -0.149. The van der Waals surface area contributed by atoms with Crippen LogP contribution in [0.4, 0.5) is 0 Å². The fourth-order valence-corrected chi connectivity index (χ4v) is 3.94. The number of carbonyl (C=O) groups excluding carboxylic acids is 2. The molecule has 2 N–H and O–H groups in total. The topological polar surface area (TPSA) is 87.5 Å². The summed E-state index contributed by atoms with van der Waals surface area (Å²) in [6.07, 6.45) is 0. The Balaban J connectivity index is 1.59. The number of nitrogens with zero attached hydrogens (tertiary/aromatic N) is 2. The Kier molecular flexibility index (Phi) is 7.02. The number of hydrogen-bond acceptors (Lipinski definition) is 6. The molecule has 0 unspecified atom stereocenters. The van der Waals surface area contributed by atoms with Gasteiger partial charge in [-0.05, 0) is 44.6 Å². The minimum absolute atomic E-state index is 0.145. The number of furan rings is 1. The van der Waals surface area contributed by atoms with Gasteiger partial charge in [0.1, 0.15) is 16.5 Å². The second-order valence-electron chi connectivity index (χ2n) is 6.99. The molecule has 1 aromatic carbocycles. The highest BCUT2D eigenvalue weighted by atomic mass is 32.1. The van der Waals surface area contributed by atoms with E-state index in [4.69, 9.17) is 4.42 Å². The highest BCUT2D eigenvalue weighted by Gasteiger charge is 2.16. The molecule has 8 heteroatoms. The number of thiazole rings is 1. The minimum Gasteiger partial charge on any atom is -0.454 e. The minimum atomic E-state index is -0.515. The molecule has 0 saturated heterocycles. The van der Waals surface area contributed by atoms with E-state index in [1.807, 2.05) is 26.0 Å². The molecule has 0 radical (unpaired) electrons. The van der Waals surface area contributed by atoms with Gasteiger partial charge in [-0.15, -0.1) is 11.3 Å². The standard InChI is InChI=1S/C22H26N4O3S/c1-5-26(6-2)12-16-8-10-19(29-16)21(28)25-24-20(27)18-13-30-22(23-18)17-9-7-14(3)11-15(17)4/h7-11,13H,5-6,12H2,1-4H3,(H,24,27)(H,25,28). The third-order valence-corrected chi connectivity index (χ3v) is 5.67. The van der Waals surface area contributed by atoms with Gasteiger partial charge in [-0.3, -0.25) is 25.3 Å². The number of amides is 2. The summed E-state index contributed by atoms with van der Waals surface area (Å²) in [6.45, 7) is 10.6. The van der Waals surface area contributed by atoms with Crippen LogP contribution in [0.2, 0.25) is 0 Å². The van der Waals surface area contributed by atoms with E-state index in [-0.39, 0.29) is 11.5 Å². The molecule has 2 aromatic heterocycles. The van der Waals surface area contributed by atoms with Crippen LogP contribution in [0.3, 0.4) is 0 Å². The van der Waals surface area contributed by atoms with Gasteiger partial charge in [0.25, 0.3) is 5.91 Å². The summed E-state index contributed by atoms with van der Waals surface area (Å²) in [4.78, 5) is 31.2. The Bertz CT molecular complexity index is 1040. The van der Waals surface area contributed by atoms with Crippen LogP contribution in [0, 0.1) is 13.8 Å². The van der Waals surface area contributed by atoms with E-state index in [1.54, 1.807) is 17.5 Å². The molecule has 2 heterocycles. The van der Waals surface area contributed by atoms with E-state index in [0.717, 1.165) is 29.2 Å². The molecule has 0 fully saturated rings. The Hall–Kier alpha value is -2.97. The lowest BCUT2D eigenvalue weighted by Gasteiger charge is -2.15. The van der Waals surface area contributed by atoms with Crippen molar-refractivity contribution in [2.45, 2.75) is 34.2 Å². The molecule has 3 rings (SSSR count). The fourth-order valence-electron chi connectivity index (χ4n) is 3.05. The van der Waals surface area contributed by atoms with Gasteiger partial charge < -0.3 is 4.42 Å². The van der Waals surface area contributed by atoms with Crippen LogP contribution in [-0.4, -0.2) is 34.8 Å². The van der Waals surface area contributed by atoms with Gasteiger partial charge in [0, 0.05) is 10.9 Å². The summed E-state index contributed by atoms with van der Waals surface area (Å²) in [5.41, 5.74) is 8.28. The van der Waals surface area contributed by atoms with Crippen molar-refractivity contribution in [3.8, 4) is 10.6 Å². The number of rotatable bonds is 7. The number of aromatic nitrogens is 1. The first kappa shape index (κ1) is 21.7. The molecule has 0 spiro atoms. The maximum atomic E-state index is 12.4. The second-order valence-corrected chi connectivity index (χ2v) is 7.85. The lowest BCUT2D eigenvalue weighted by atomic mass is 10.1. The number of carbonyl (C=O) groups is 2. The first-order chi connectivity index (χ1) is 14.4. The molecule has 158 valence electrons. The van der Waals surface area contributed by atoms with Crippen molar-refractivity contribution in [1.82, 2.24) is 20.7 Å². The maximum Gasteiger partial charge on any atom is 0.305 e. The predicted molar refractivity (Wildman–Crippen MR) is 117 cm³/mol. The summed E-state index contributed by atoms with van der Waals surface area (Å²) >= 11 is 1.39. The molecule has 0 bridgehead atoms. The zero-order valence-corrected chi connectivity index (χ0v) is 18.4. The van der Waals surface area contributed by atoms with Crippen molar-refractivity contribution in [1.29, 1.82) is 0 Å². The third kappa shape index (κ3) is 5.14. The monoisotopic (exact) mass is 426 g/mol. The Labute approximate surface area is 180 Å². The van der Waals surface area contributed by atoms with E-state index < -0.39 is 11.8 Å². The largest absolute Gasteiger partial charge is 0.454 e. The zero-order chi connectivity index (χ0) is 21.7. The summed E-state index contributed by atoms with van der Waals surface area (Å²) < 4.78 is 5.58. The lowest BCUT2D eigenvalue weighted by Crippen LogP contribution is -2.41. The molecule has 0 aliphatic carbocycles. The SMILES string of the molecule is CCN(CC)Cc1ccc(C(=O)NNC(=O)c2csc(-c3ccc(C)cc3C)n2)o1. The third-order valence-electron chi connectivity index (χ3n) is 4.80.